The normalized spacial score (nSPS) is 13.2. The summed E-state index contributed by atoms with van der Waals surface area (Å²) in [7, 11) is -4.63. The predicted molar refractivity (Wildman–Crippen MR) is 125 cm³/mol. The van der Waals surface area contributed by atoms with Crippen LogP contribution in [-0.4, -0.2) is 35.9 Å². The Labute approximate surface area is 201 Å². The summed E-state index contributed by atoms with van der Waals surface area (Å²) in [4.78, 5) is 2.89. The van der Waals surface area contributed by atoms with Crippen molar-refractivity contribution in [3.63, 3.8) is 0 Å². The number of aromatic nitrogens is 3. The van der Waals surface area contributed by atoms with Gasteiger partial charge in [0.15, 0.2) is 22.3 Å². The molecular weight excluding hydrogens is 506 g/mol. The van der Waals surface area contributed by atoms with Crippen LogP contribution in [0.2, 0.25) is 0 Å². The second-order valence-corrected chi connectivity index (χ2v) is 10.7. The van der Waals surface area contributed by atoms with Crippen LogP contribution >= 0.6 is 11.5 Å². The van der Waals surface area contributed by atoms with Crippen molar-refractivity contribution in [2.75, 3.05) is 5.73 Å². The van der Waals surface area contributed by atoms with Crippen LogP contribution in [0.3, 0.4) is 0 Å². The molecule has 180 valence electrons. The number of hydrogen-bond acceptors (Lipinski definition) is 10. The fourth-order valence-corrected chi connectivity index (χ4v) is 4.29. The van der Waals surface area contributed by atoms with Crippen LogP contribution < -0.4 is 9.92 Å². The van der Waals surface area contributed by atoms with E-state index in [9.17, 15) is 21.7 Å². The smallest absolute Gasteiger partial charge is 0.357 e. The molecule has 2 aromatic heterocycles. The highest BCUT2D eigenvalue weighted by Gasteiger charge is 2.29. The molecule has 0 radical (unpaired) electrons. The summed E-state index contributed by atoms with van der Waals surface area (Å²) < 4.78 is 63.3. The maximum absolute atomic E-state index is 11.7. The minimum atomic E-state index is -4.63. The first kappa shape index (κ1) is 25.4. The highest BCUT2D eigenvalue weighted by atomic mass is 32.2. The number of azo groups is 1. The minimum Gasteiger partial charge on any atom is -0.382 e. The number of anilines is 1. The topological polar surface area (TPSA) is 187 Å². The van der Waals surface area contributed by atoms with E-state index in [-0.39, 0.29) is 33.6 Å². The fraction of sp³-hybridized carbons (Fsp3) is 0.278. The van der Waals surface area contributed by atoms with E-state index in [0.717, 1.165) is 34.4 Å². The average Bonchev–Trinajstić information content (AvgIpc) is 3.24. The Hall–Kier alpha value is -3.23. The van der Waals surface area contributed by atoms with Crippen LogP contribution in [0.1, 0.15) is 32.2 Å². The Kier molecular flexibility index (Phi) is 6.87. The second-order valence-electron chi connectivity index (χ2n) is 7.88. The molecule has 1 atom stereocenters. The molecule has 1 unspecified atom stereocenters. The van der Waals surface area contributed by atoms with Crippen molar-refractivity contribution in [1.29, 1.82) is 0 Å². The molecule has 2 heterocycles. The van der Waals surface area contributed by atoms with Gasteiger partial charge in [0, 0.05) is 5.41 Å². The van der Waals surface area contributed by atoms with Crippen LogP contribution in [0.15, 0.2) is 33.3 Å². The van der Waals surface area contributed by atoms with Crippen LogP contribution in [-0.2, 0) is 26.9 Å². The molecule has 0 aliphatic heterocycles. The molecule has 0 saturated carbocycles. The van der Waals surface area contributed by atoms with E-state index in [2.05, 4.69) is 24.5 Å². The van der Waals surface area contributed by atoms with Gasteiger partial charge >= 0.3 is 11.4 Å². The molecule has 4 N–H and O–H groups in total. The molecule has 1 aromatic carbocycles. The first-order chi connectivity index (χ1) is 15.7. The van der Waals surface area contributed by atoms with Crippen molar-refractivity contribution < 1.29 is 25.9 Å². The van der Waals surface area contributed by atoms with E-state index in [4.69, 9.17) is 16.5 Å². The van der Waals surface area contributed by atoms with E-state index in [1.165, 1.54) is 0 Å². The molecular formula is C18H19N7O6S3. The Morgan fingerprint density at radius 3 is 2.56 bits per heavy atom. The molecule has 3 rings (SSSR count). The summed E-state index contributed by atoms with van der Waals surface area (Å²) in [6.45, 7) is 14.4. The number of benzene rings is 1. The summed E-state index contributed by atoms with van der Waals surface area (Å²) in [5.74, 6) is -0.333. The third-order valence-corrected chi connectivity index (χ3v) is 6.37. The van der Waals surface area contributed by atoms with E-state index in [0.29, 0.717) is 11.4 Å². The van der Waals surface area contributed by atoms with E-state index >= 15 is 0 Å². The van der Waals surface area contributed by atoms with E-state index in [1.54, 1.807) is 6.92 Å². The van der Waals surface area contributed by atoms with Gasteiger partial charge in [0.25, 0.3) is 10.1 Å². The first-order valence-corrected chi connectivity index (χ1v) is 12.5. The van der Waals surface area contributed by atoms with Gasteiger partial charge in [0.2, 0.25) is 5.69 Å². The van der Waals surface area contributed by atoms with Gasteiger partial charge in [-0.3, -0.25) is 9.11 Å². The van der Waals surface area contributed by atoms with Crippen LogP contribution in [0, 0.1) is 13.5 Å². The zero-order valence-electron chi connectivity index (χ0n) is 18.2. The Balaban J connectivity index is 2.27. The lowest BCUT2D eigenvalue weighted by molar-refractivity contribution is 0.455. The monoisotopic (exact) mass is 525 g/mol. The van der Waals surface area contributed by atoms with Gasteiger partial charge in [-0.25, -0.2) is 13.9 Å². The van der Waals surface area contributed by atoms with Gasteiger partial charge < -0.3 is 9.92 Å². The molecule has 0 amide bonds. The predicted octanol–water partition coefficient (Wildman–Crippen LogP) is 4.25. The van der Waals surface area contributed by atoms with Crippen molar-refractivity contribution in [2.24, 2.45) is 10.2 Å². The van der Waals surface area contributed by atoms with Crippen LogP contribution in [0.5, 0.6) is 5.75 Å². The maximum Gasteiger partial charge on any atom is 0.357 e. The van der Waals surface area contributed by atoms with Crippen LogP contribution in [0.4, 0.5) is 22.2 Å². The number of aryl methyl sites for hydroxylation is 1. The number of hydrogen-bond donors (Lipinski definition) is 3. The number of nitrogen functional groups attached to an aromatic ring is 1. The maximum atomic E-state index is 11.7. The van der Waals surface area contributed by atoms with Crippen LogP contribution in [0.25, 0.3) is 10.5 Å². The van der Waals surface area contributed by atoms with Crippen molar-refractivity contribution in [1.82, 2.24) is 14.2 Å². The molecule has 0 saturated heterocycles. The summed E-state index contributed by atoms with van der Waals surface area (Å²) >= 11 is -1.76. The standard InChI is InChI=1S/C18H19N7O6S3/c1-9-13(20-5)17(32-24-9)22-21-14-15(18(2,3)4)23-25(16(14)19)11-8-10(34(28,29)30)6-7-12(11)31-33(26)27/h6-8H,19H2,1-4H3,(H,26,27)(H,28,29,30). The molecule has 0 aliphatic carbocycles. The number of rotatable bonds is 6. The third-order valence-electron chi connectivity index (χ3n) is 4.39. The summed E-state index contributed by atoms with van der Waals surface area (Å²) in [6.07, 6.45) is 0. The summed E-state index contributed by atoms with van der Waals surface area (Å²) in [5, 5.41) is 13.0. The Morgan fingerprint density at radius 2 is 2.00 bits per heavy atom. The lowest BCUT2D eigenvalue weighted by Crippen LogP contribution is -2.13. The highest BCUT2D eigenvalue weighted by Crippen LogP contribution is 2.42. The molecule has 13 nitrogen and oxygen atoms in total. The first-order valence-electron chi connectivity index (χ1n) is 9.29. The molecule has 3 aromatic rings. The van der Waals surface area contributed by atoms with Crippen molar-refractivity contribution in [3.05, 3.63) is 41.0 Å². The lowest BCUT2D eigenvalue weighted by atomic mass is 9.91. The molecule has 0 spiro atoms. The minimum absolute atomic E-state index is 0.0969. The van der Waals surface area contributed by atoms with Gasteiger partial charge in [-0.2, -0.15) is 17.7 Å². The Bertz CT molecular complexity index is 1460. The Morgan fingerprint density at radius 1 is 1.32 bits per heavy atom. The molecule has 16 heteroatoms. The van der Waals surface area contributed by atoms with E-state index < -0.39 is 31.8 Å². The molecule has 0 aliphatic rings. The van der Waals surface area contributed by atoms with Gasteiger partial charge in [-0.05, 0) is 36.7 Å². The molecule has 0 fully saturated rings. The SMILES string of the molecule is [C-]#[N+]c1c(C)nsc1N=Nc1c(C(C)(C)C)nn(-c2cc(S(=O)(=O)O)ccc2OS(=O)O)c1N. The summed E-state index contributed by atoms with van der Waals surface area (Å²) in [6, 6.07) is 3.05. The largest absolute Gasteiger partial charge is 0.382 e. The average molecular weight is 526 g/mol. The van der Waals surface area contributed by atoms with Gasteiger partial charge in [0.05, 0.1) is 22.9 Å². The van der Waals surface area contributed by atoms with Crippen molar-refractivity contribution in [3.8, 4) is 11.4 Å². The third kappa shape index (κ3) is 5.13. The van der Waals surface area contributed by atoms with Crippen molar-refractivity contribution in [2.45, 2.75) is 38.0 Å². The number of nitrogens with two attached hydrogens (primary N) is 1. The zero-order chi connectivity index (χ0) is 25.4. The molecule has 34 heavy (non-hydrogen) atoms. The van der Waals surface area contributed by atoms with Crippen molar-refractivity contribution >= 4 is 55.2 Å². The second kappa shape index (κ2) is 9.19. The zero-order valence-corrected chi connectivity index (χ0v) is 20.7. The fourth-order valence-electron chi connectivity index (χ4n) is 2.82. The highest BCUT2D eigenvalue weighted by molar-refractivity contribution is 7.85. The van der Waals surface area contributed by atoms with Gasteiger partial charge in [-0.15, -0.1) is 10.2 Å². The van der Waals surface area contributed by atoms with Gasteiger partial charge in [-0.1, -0.05) is 20.8 Å². The van der Waals surface area contributed by atoms with E-state index in [1.807, 2.05) is 20.8 Å². The number of nitrogens with zero attached hydrogens (tertiary/aromatic N) is 6. The van der Waals surface area contributed by atoms with Gasteiger partial charge in [0.1, 0.15) is 5.69 Å². The quantitative estimate of drug-likeness (QED) is 0.183. The molecule has 0 bridgehead atoms. The lowest BCUT2D eigenvalue weighted by Gasteiger charge is -2.15. The summed E-state index contributed by atoms with van der Waals surface area (Å²) in [5.41, 5.74) is 6.77.